The van der Waals surface area contributed by atoms with E-state index in [1.807, 2.05) is 0 Å². The first-order valence-electron chi connectivity index (χ1n) is 5.50. The maximum absolute atomic E-state index is 11.1. The Morgan fingerprint density at radius 3 is 2.83 bits per heavy atom. The molecule has 6 heteroatoms. The molecule has 0 saturated heterocycles. The third kappa shape index (κ3) is 4.19. The summed E-state index contributed by atoms with van der Waals surface area (Å²) in [7, 11) is 1.49. The molecule has 0 heterocycles. The van der Waals surface area contributed by atoms with E-state index in [9.17, 15) is 9.90 Å². The fourth-order valence-corrected chi connectivity index (χ4v) is 1.86. The molecule has 1 aromatic carbocycles. The molecule has 0 spiro atoms. The molecule has 5 nitrogen and oxygen atoms in total. The Hall–Kier alpha value is -1.27. The SMILES string of the molecule is CCOC(=O)CNCc1cc(O)c(OC)cc1Br. The number of carbonyl (C=O) groups excluding carboxylic acids is 1. The number of nitrogens with one attached hydrogen (secondary N) is 1. The highest BCUT2D eigenvalue weighted by molar-refractivity contribution is 9.10. The minimum atomic E-state index is -0.300. The van der Waals surface area contributed by atoms with Crippen molar-refractivity contribution in [1.29, 1.82) is 0 Å². The molecule has 0 aromatic heterocycles. The second-order valence-electron chi connectivity index (χ2n) is 3.52. The predicted molar refractivity (Wildman–Crippen MR) is 70.7 cm³/mol. The fourth-order valence-electron chi connectivity index (χ4n) is 1.40. The summed E-state index contributed by atoms with van der Waals surface area (Å²) in [5.74, 6) is 0.163. The van der Waals surface area contributed by atoms with Crippen LogP contribution in [0.2, 0.25) is 0 Å². The maximum Gasteiger partial charge on any atom is 0.319 e. The van der Waals surface area contributed by atoms with Crippen LogP contribution in [0.1, 0.15) is 12.5 Å². The van der Waals surface area contributed by atoms with Crippen molar-refractivity contribution in [3.63, 3.8) is 0 Å². The molecule has 0 amide bonds. The number of phenolic OH excluding ortho intramolecular Hbond substituents is 1. The molecule has 0 aliphatic heterocycles. The summed E-state index contributed by atoms with van der Waals surface area (Å²) in [6.45, 7) is 2.70. The van der Waals surface area contributed by atoms with Gasteiger partial charge in [-0.15, -0.1) is 0 Å². The van der Waals surface area contributed by atoms with Crippen LogP contribution in [0, 0.1) is 0 Å². The zero-order valence-corrected chi connectivity index (χ0v) is 11.9. The Balaban J connectivity index is 2.57. The number of aromatic hydroxyl groups is 1. The Labute approximate surface area is 114 Å². The molecule has 100 valence electrons. The Morgan fingerprint density at radius 1 is 1.50 bits per heavy atom. The Bertz CT molecular complexity index is 423. The van der Waals surface area contributed by atoms with E-state index < -0.39 is 0 Å². The highest BCUT2D eigenvalue weighted by Gasteiger charge is 2.08. The number of ether oxygens (including phenoxy) is 2. The molecule has 2 N–H and O–H groups in total. The van der Waals surface area contributed by atoms with Crippen LogP contribution in [0.25, 0.3) is 0 Å². The van der Waals surface area contributed by atoms with Crippen LogP contribution in [0.3, 0.4) is 0 Å². The molecule has 0 aliphatic carbocycles. The molecule has 1 rings (SSSR count). The molecule has 18 heavy (non-hydrogen) atoms. The number of carbonyl (C=O) groups is 1. The van der Waals surface area contributed by atoms with Gasteiger partial charge >= 0.3 is 5.97 Å². The molecular weight excluding hydrogens is 302 g/mol. The van der Waals surface area contributed by atoms with Crippen LogP contribution < -0.4 is 10.1 Å². The maximum atomic E-state index is 11.1. The molecule has 0 atom stereocenters. The summed E-state index contributed by atoms with van der Waals surface area (Å²) in [6, 6.07) is 3.26. The smallest absolute Gasteiger partial charge is 0.319 e. The van der Waals surface area contributed by atoms with Crippen LogP contribution in [-0.2, 0) is 16.1 Å². The van der Waals surface area contributed by atoms with E-state index in [-0.39, 0.29) is 18.3 Å². The number of hydrogen-bond donors (Lipinski definition) is 2. The van der Waals surface area contributed by atoms with Gasteiger partial charge in [-0.1, -0.05) is 15.9 Å². The van der Waals surface area contributed by atoms with Crippen molar-refractivity contribution in [3.8, 4) is 11.5 Å². The van der Waals surface area contributed by atoms with E-state index in [0.29, 0.717) is 18.9 Å². The molecule has 0 aliphatic rings. The summed E-state index contributed by atoms with van der Waals surface area (Å²) < 4.78 is 10.6. The predicted octanol–water partition coefficient (Wildman–Crippen LogP) is 1.82. The second kappa shape index (κ2) is 7.23. The van der Waals surface area contributed by atoms with Gasteiger partial charge in [-0.25, -0.2) is 0 Å². The van der Waals surface area contributed by atoms with E-state index in [1.54, 1.807) is 19.1 Å². The first-order chi connectivity index (χ1) is 8.58. The van der Waals surface area contributed by atoms with E-state index in [4.69, 9.17) is 9.47 Å². The topological polar surface area (TPSA) is 67.8 Å². The van der Waals surface area contributed by atoms with Crippen LogP contribution >= 0.6 is 15.9 Å². The van der Waals surface area contributed by atoms with E-state index in [2.05, 4.69) is 21.2 Å². The summed E-state index contributed by atoms with van der Waals surface area (Å²) in [6.07, 6.45) is 0. The number of phenols is 1. The quantitative estimate of drug-likeness (QED) is 0.783. The summed E-state index contributed by atoms with van der Waals surface area (Å²) >= 11 is 3.37. The highest BCUT2D eigenvalue weighted by atomic mass is 79.9. The summed E-state index contributed by atoms with van der Waals surface area (Å²) in [5.41, 5.74) is 0.831. The third-order valence-electron chi connectivity index (χ3n) is 2.24. The van der Waals surface area contributed by atoms with Gasteiger partial charge in [-0.05, 0) is 24.6 Å². The zero-order valence-electron chi connectivity index (χ0n) is 10.3. The van der Waals surface area contributed by atoms with Crippen LogP contribution in [0.15, 0.2) is 16.6 Å². The number of rotatable bonds is 6. The van der Waals surface area contributed by atoms with Crippen molar-refractivity contribution in [2.45, 2.75) is 13.5 Å². The first kappa shape index (κ1) is 14.8. The minimum Gasteiger partial charge on any atom is -0.504 e. The monoisotopic (exact) mass is 317 g/mol. The molecule has 1 aromatic rings. The average Bonchev–Trinajstić information content (AvgIpc) is 2.33. The number of hydrogen-bond acceptors (Lipinski definition) is 5. The lowest BCUT2D eigenvalue weighted by Gasteiger charge is -2.10. The van der Waals surface area contributed by atoms with Gasteiger partial charge in [-0.3, -0.25) is 4.79 Å². The molecule has 0 bridgehead atoms. The van der Waals surface area contributed by atoms with Gasteiger partial charge in [0.05, 0.1) is 20.3 Å². The molecule has 0 fully saturated rings. The van der Waals surface area contributed by atoms with Crippen molar-refractivity contribution < 1.29 is 19.4 Å². The van der Waals surface area contributed by atoms with Crippen molar-refractivity contribution in [3.05, 3.63) is 22.2 Å². The number of methoxy groups -OCH3 is 1. The Morgan fingerprint density at radius 2 is 2.22 bits per heavy atom. The average molecular weight is 318 g/mol. The summed E-state index contributed by atoms with van der Waals surface area (Å²) in [4.78, 5) is 11.1. The standard InChI is InChI=1S/C12H16BrNO4/c1-3-18-12(16)7-14-6-8-4-10(15)11(17-2)5-9(8)13/h4-5,14-15H,3,6-7H2,1-2H3. The van der Waals surface area contributed by atoms with Crippen molar-refractivity contribution in [2.24, 2.45) is 0 Å². The summed E-state index contributed by atoms with van der Waals surface area (Å²) in [5, 5.41) is 12.6. The lowest BCUT2D eigenvalue weighted by atomic mass is 10.2. The van der Waals surface area contributed by atoms with Crippen LogP contribution in [0.4, 0.5) is 0 Å². The van der Waals surface area contributed by atoms with Gasteiger partial charge in [-0.2, -0.15) is 0 Å². The number of esters is 1. The van der Waals surface area contributed by atoms with E-state index in [1.165, 1.54) is 7.11 Å². The second-order valence-corrected chi connectivity index (χ2v) is 4.38. The van der Waals surface area contributed by atoms with Gasteiger partial charge < -0.3 is 19.9 Å². The van der Waals surface area contributed by atoms with Gasteiger partial charge in [0.25, 0.3) is 0 Å². The lowest BCUT2D eigenvalue weighted by molar-refractivity contribution is -0.142. The largest absolute Gasteiger partial charge is 0.504 e. The van der Waals surface area contributed by atoms with Crippen LogP contribution in [0.5, 0.6) is 11.5 Å². The molecular formula is C12H16BrNO4. The van der Waals surface area contributed by atoms with Gasteiger partial charge in [0.1, 0.15) is 0 Å². The van der Waals surface area contributed by atoms with E-state index in [0.717, 1.165) is 10.0 Å². The molecule has 0 saturated carbocycles. The zero-order chi connectivity index (χ0) is 13.5. The van der Waals surface area contributed by atoms with Crippen molar-refractivity contribution >= 4 is 21.9 Å². The number of benzene rings is 1. The fraction of sp³-hybridized carbons (Fsp3) is 0.417. The van der Waals surface area contributed by atoms with Gasteiger partial charge in [0.2, 0.25) is 0 Å². The van der Waals surface area contributed by atoms with E-state index >= 15 is 0 Å². The first-order valence-corrected chi connectivity index (χ1v) is 6.29. The highest BCUT2D eigenvalue weighted by Crippen LogP contribution is 2.32. The number of halogens is 1. The minimum absolute atomic E-state index is 0.0636. The van der Waals surface area contributed by atoms with Crippen LogP contribution in [-0.4, -0.2) is 31.3 Å². The molecule has 0 unspecified atom stereocenters. The third-order valence-corrected chi connectivity index (χ3v) is 2.98. The Kier molecular flexibility index (Phi) is 5.94. The van der Waals surface area contributed by atoms with Crippen molar-refractivity contribution in [1.82, 2.24) is 5.32 Å². The molecule has 0 radical (unpaired) electrons. The van der Waals surface area contributed by atoms with Gasteiger partial charge in [0, 0.05) is 11.0 Å². The normalized spacial score (nSPS) is 10.2. The van der Waals surface area contributed by atoms with Crippen molar-refractivity contribution in [2.75, 3.05) is 20.3 Å². The lowest BCUT2D eigenvalue weighted by Crippen LogP contribution is -2.24. The van der Waals surface area contributed by atoms with Gasteiger partial charge in [0.15, 0.2) is 11.5 Å².